The van der Waals surface area contributed by atoms with Crippen LogP contribution in [0.25, 0.3) is 10.8 Å². The Hall–Kier alpha value is -3.12. The zero-order valence-electron chi connectivity index (χ0n) is 16.8. The molecule has 0 radical (unpaired) electrons. The lowest BCUT2D eigenvalue weighted by molar-refractivity contribution is -0.138. The van der Waals surface area contributed by atoms with Gasteiger partial charge in [-0.2, -0.15) is 0 Å². The van der Waals surface area contributed by atoms with Crippen LogP contribution in [0.15, 0.2) is 78.2 Å². The van der Waals surface area contributed by atoms with Crippen LogP contribution in [0.4, 0.5) is 0 Å². The number of ether oxygens (including phenoxy) is 4. The average Bonchev–Trinajstić information content (AvgIpc) is 2.80. The molecule has 0 aliphatic carbocycles. The monoisotopic (exact) mass is 424 g/mol. The van der Waals surface area contributed by atoms with Gasteiger partial charge in [-0.15, -0.1) is 11.8 Å². The lowest BCUT2D eigenvalue weighted by Gasteiger charge is -2.17. The molecule has 5 nitrogen and oxygen atoms in total. The van der Waals surface area contributed by atoms with Gasteiger partial charge in [-0.25, -0.2) is 4.79 Å². The zero-order chi connectivity index (χ0) is 21.2. The molecule has 0 aliphatic rings. The van der Waals surface area contributed by atoms with Crippen LogP contribution >= 0.6 is 11.8 Å². The van der Waals surface area contributed by atoms with Crippen molar-refractivity contribution in [3.63, 3.8) is 0 Å². The molecule has 30 heavy (non-hydrogen) atoms. The van der Waals surface area contributed by atoms with E-state index in [0.29, 0.717) is 13.2 Å². The summed E-state index contributed by atoms with van der Waals surface area (Å²) < 4.78 is 22.7. The van der Waals surface area contributed by atoms with Crippen molar-refractivity contribution < 1.29 is 23.7 Å². The van der Waals surface area contributed by atoms with Crippen molar-refractivity contribution in [1.82, 2.24) is 0 Å². The fourth-order valence-corrected chi connectivity index (χ4v) is 3.46. The largest absolute Gasteiger partial charge is 0.490 e. The first kappa shape index (κ1) is 21.6. The lowest BCUT2D eigenvalue weighted by atomic mass is 10.1. The Morgan fingerprint density at radius 2 is 1.57 bits per heavy atom. The molecule has 3 rings (SSSR count). The number of hydrogen-bond acceptors (Lipinski definition) is 6. The molecular formula is C24H24O5S. The second-order valence-electron chi connectivity index (χ2n) is 6.18. The van der Waals surface area contributed by atoms with Crippen LogP contribution in [-0.4, -0.2) is 38.7 Å². The Kier molecular flexibility index (Phi) is 8.03. The summed E-state index contributed by atoms with van der Waals surface area (Å²) in [5, 5.41) is 1.89. The minimum absolute atomic E-state index is 0.155. The molecule has 0 fully saturated rings. The molecule has 0 saturated carbocycles. The Labute approximate surface area is 180 Å². The van der Waals surface area contributed by atoms with Crippen LogP contribution in [0, 0.1) is 0 Å². The Bertz CT molecular complexity index is 988. The number of carbonyl (C=O) groups excluding carboxylic acids is 1. The molecule has 0 heterocycles. The maximum atomic E-state index is 11.2. The Morgan fingerprint density at radius 3 is 2.30 bits per heavy atom. The highest BCUT2D eigenvalue weighted by atomic mass is 32.2. The van der Waals surface area contributed by atoms with E-state index >= 15 is 0 Å². The van der Waals surface area contributed by atoms with Crippen molar-refractivity contribution in [3.05, 3.63) is 73.3 Å². The number of rotatable bonds is 11. The smallest absolute Gasteiger partial charge is 0.330 e. The molecule has 156 valence electrons. The van der Waals surface area contributed by atoms with Gasteiger partial charge in [0, 0.05) is 16.8 Å². The fraction of sp³-hybridized carbons (Fsp3) is 0.208. The summed E-state index contributed by atoms with van der Waals surface area (Å²) in [7, 11) is 0. The predicted molar refractivity (Wildman–Crippen MR) is 120 cm³/mol. The summed E-state index contributed by atoms with van der Waals surface area (Å²) in [5.41, 5.74) is 0. The maximum absolute atomic E-state index is 11.2. The molecule has 0 amide bonds. The molecule has 6 heteroatoms. The third-order valence-corrected chi connectivity index (χ3v) is 4.98. The third-order valence-electron chi connectivity index (χ3n) is 4.24. The minimum atomic E-state index is -0.463. The normalized spacial score (nSPS) is 10.4. The van der Waals surface area contributed by atoms with Crippen LogP contribution < -0.4 is 14.2 Å². The van der Waals surface area contributed by atoms with Gasteiger partial charge in [-0.3, -0.25) is 0 Å². The van der Waals surface area contributed by atoms with E-state index in [4.69, 9.17) is 18.9 Å². The molecule has 0 saturated heterocycles. The number of hydrogen-bond donors (Lipinski definition) is 0. The molecule has 3 aromatic rings. The zero-order valence-corrected chi connectivity index (χ0v) is 17.7. The maximum Gasteiger partial charge on any atom is 0.330 e. The molecule has 0 unspecified atom stereocenters. The lowest BCUT2D eigenvalue weighted by Crippen LogP contribution is -2.11. The number of thioether (sulfide) groups is 1. The first-order chi connectivity index (χ1) is 14.7. The first-order valence-corrected chi connectivity index (χ1v) is 10.8. The highest BCUT2D eigenvalue weighted by Gasteiger charge is 2.14. The minimum Gasteiger partial charge on any atom is -0.490 e. The molecule has 0 N–H and O–H groups in total. The van der Waals surface area contributed by atoms with Crippen molar-refractivity contribution in [2.45, 2.75) is 4.90 Å². The molecule has 0 aliphatic heterocycles. The van der Waals surface area contributed by atoms with E-state index in [1.807, 2.05) is 66.9 Å². The molecule has 3 aromatic carbocycles. The van der Waals surface area contributed by atoms with Gasteiger partial charge >= 0.3 is 5.97 Å². The van der Waals surface area contributed by atoms with Gasteiger partial charge in [-0.05, 0) is 24.5 Å². The quantitative estimate of drug-likeness (QED) is 0.184. The second kappa shape index (κ2) is 11.2. The van der Waals surface area contributed by atoms with Crippen molar-refractivity contribution >= 4 is 28.5 Å². The van der Waals surface area contributed by atoms with E-state index in [1.165, 1.54) is 0 Å². The fourth-order valence-electron chi connectivity index (χ4n) is 2.88. The summed E-state index contributed by atoms with van der Waals surface area (Å²) in [6.07, 6.45) is 3.12. The van der Waals surface area contributed by atoms with Gasteiger partial charge in [0.05, 0.1) is 4.90 Å². The van der Waals surface area contributed by atoms with Crippen LogP contribution in [0.3, 0.4) is 0 Å². The Balaban J connectivity index is 1.71. The van der Waals surface area contributed by atoms with E-state index in [9.17, 15) is 4.79 Å². The SMILES string of the molecule is C=CC(=O)OCCOc1c(SC)cc(OCCOc2ccccc2)c2ccccc12. The van der Waals surface area contributed by atoms with E-state index in [0.717, 1.165) is 39.0 Å². The van der Waals surface area contributed by atoms with Gasteiger partial charge in [0.25, 0.3) is 0 Å². The van der Waals surface area contributed by atoms with Crippen LogP contribution in [0.1, 0.15) is 0 Å². The van der Waals surface area contributed by atoms with Gasteiger partial charge in [0.2, 0.25) is 0 Å². The molecule has 0 aromatic heterocycles. The van der Waals surface area contributed by atoms with E-state index < -0.39 is 5.97 Å². The number of benzene rings is 3. The van der Waals surface area contributed by atoms with Crippen molar-refractivity contribution in [3.8, 4) is 17.2 Å². The second-order valence-corrected chi connectivity index (χ2v) is 7.03. The topological polar surface area (TPSA) is 54.0 Å². The summed E-state index contributed by atoms with van der Waals surface area (Å²) in [6, 6.07) is 19.5. The van der Waals surface area contributed by atoms with Gasteiger partial charge in [0.15, 0.2) is 0 Å². The van der Waals surface area contributed by atoms with Crippen molar-refractivity contribution in [2.24, 2.45) is 0 Å². The number of fused-ring (bicyclic) bond motifs is 1. The summed E-state index contributed by atoms with van der Waals surface area (Å²) in [6.45, 7) is 4.65. The van der Waals surface area contributed by atoms with E-state index in [1.54, 1.807) is 11.8 Å². The Morgan fingerprint density at radius 1 is 0.900 bits per heavy atom. The van der Waals surface area contributed by atoms with Crippen LogP contribution in [-0.2, 0) is 9.53 Å². The standard InChI is InChI=1S/C24H24O5S/c1-3-23(25)28-15-16-29-24-20-12-8-7-11-19(20)21(17-22(24)30-2)27-14-13-26-18-9-5-4-6-10-18/h3-12,17H,1,13-16H2,2H3. The van der Waals surface area contributed by atoms with Crippen LogP contribution in [0.5, 0.6) is 17.2 Å². The average molecular weight is 425 g/mol. The highest BCUT2D eigenvalue weighted by molar-refractivity contribution is 7.98. The summed E-state index contributed by atoms with van der Waals surface area (Å²) >= 11 is 1.57. The summed E-state index contributed by atoms with van der Waals surface area (Å²) in [5.74, 6) is 1.88. The highest BCUT2D eigenvalue weighted by Crippen LogP contribution is 2.41. The molecule has 0 bridgehead atoms. The van der Waals surface area contributed by atoms with Gasteiger partial charge in [-0.1, -0.05) is 49.0 Å². The van der Waals surface area contributed by atoms with Crippen molar-refractivity contribution in [2.75, 3.05) is 32.7 Å². The van der Waals surface area contributed by atoms with Gasteiger partial charge in [0.1, 0.15) is 43.7 Å². The molecule has 0 atom stereocenters. The summed E-state index contributed by atoms with van der Waals surface area (Å²) in [4.78, 5) is 12.1. The number of carbonyl (C=O) groups is 1. The van der Waals surface area contributed by atoms with Gasteiger partial charge < -0.3 is 18.9 Å². The molecular weight excluding hydrogens is 400 g/mol. The van der Waals surface area contributed by atoms with Crippen LogP contribution in [0.2, 0.25) is 0 Å². The van der Waals surface area contributed by atoms with E-state index in [-0.39, 0.29) is 13.2 Å². The van der Waals surface area contributed by atoms with Crippen molar-refractivity contribution in [1.29, 1.82) is 0 Å². The third kappa shape index (κ3) is 5.70. The predicted octanol–water partition coefficient (Wildman–Crippen LogP) is 5.13. The number of esters is 1. The van der Waals surface area contributed by atoms with E-state index in [2.05, 4.69) is 6.58 Å². The number of para-hydroxylation sites is 1. The first-order valence-electron chi connectivity index (χ1n) is 9.55. The molecule has 0 spiro atoms.